The summed E-state index contributed by atoms with van der Waals surface area (Å²) in [5.74, 6) is -1.17. The lowest BCUT2D eigenvalue weighted by molar-refractivity contribution is -0.141. The number of hydrogen-bond acceptors (Lipinski definition) is 6. The number of aliphatic hydroxyl groups is 3. The van der Waals surface area contributed by atoms with Gasteiger partial charge in [-0.2, -0.15) is 0 Å². The van der Waals surface area contributed by atoms with Crippen LogP contribution in [0.5, 0.6) is 0 Å². The van der Waals surface area contributed by atoms with E-state index in [4.69, 9.17) is 4.42 Å². The zero-order valence-corrected chi connectivity index (χ0v) is 17.9. The maximum Gasteiger partial charge on any atom is 0.268 e. The molecule has 1 aromatic carbocycles. The van der Waals surface area contributed by atoms with Gasteiger partial charge in [0.2, 0.25) is 0 Å². The number of aliphatic hydroxyl groups excluding tert-OH is 3. The van der Waals surface area contributed by atoms with E-state index in [-0.39, 0.29) is 25.2 Å². The Labute approximate surface area is 185 Å². The maximum atomic E-state index is 12.8. The van der Waals surface area contributed by atoms with Gasteiger partial charge in [0.25, 0.3) is 11.8 Å². The molecule has 1 aliphatic rings. The number of carbonyl (C=O) groups excluding carboxylic acids is 2. The summed E-state index contributed by atoms with van der Waals surface area (Å²) in [5, 5.41) is 33.0. The molecule has 4 rings (SSSR count). The summed E-state index contributed by atoms with van der Waals surface area (Å²) in [6, 6.07) is 11.5. The Kier molecular flexibility index (Phi) is 6.15. The van der Waals surface area contributed by atoms with Crippen LogP contribution in [0.1, 0.15) is 16.1 Å². The highest BCUT2D eigenvalue weighted by molar-refractivity contribution is 9.10. The number of carbonyl (C=O) groups is 2. The molecule has 0 saturated carbocycles. The molecular formula is C21H22BrN3O6. The monoisotopic (exact) mass is 491 g/mol. The SMILES string of the molecule is O=C(N[C@@H](Cc1ccccc1)[C@@H](O)C(=O)N1C[C@@H](O)[C@@H](O)C1)c1cc2oc(Br)cc2[nH]1. The third kappa shape index (κ3) is 4.67. The fourth-order valence-electron chi connectivity index (χ4n) is 3.68. The van der Waals surface area contributed by atoms with Crippen LogP contribution in [-0.2, 0) is 11.2 Å². The Balaban J connectivity index is 1.53. The van der Waals surface area contributed by atoms with Gasteiger partial charge in [-0.3, -0.25) is 9.59 Å². The molecule has 1 fully saturated rings. The smallest absolute Gasteiger partial charge is 0.268 e. The molecule has 2 amide bonds. The van der Waals surface area contributed by atoms with E-state index in [0.29, 0.717) is 15.8 Å². The van der Waals surface area contributed by atoms with E-state index in [1.807, 2.05) is 30.3 Å². The molecule has 4 atom stereocenters. The van der Waals surface area contributed by atoms with Gasteiger partial charge >= 0.3 is 0 Å². The first-order valence-corrected chi connectivity index (χ1v) is 10.6. The summed E-state index contributed by atoms with van der Waals surface area (Å²) in [7, 11) is 0. The van der Waals surface area contributed by atoms with Gasteiger partial charge in [0.1, 0.15) is 5.69 Å². The number of nitrogens with zero attached hydrogens (tertiary/aromatic N) is 1. The first-order valence-electron chi connectivity index (χ1n) is 9.77. The molecule has 2 aromatic heterocycles. The van der Waals surface area contributed by atoms with Crippen LogP contribution >= 0.6 is 15.9 Å². The van der Waals surface area contributed by atoms with Crippen LogP contribution in [-0.4, -0.2) is 74.5 Å². The van der Waals surface area contributed by atoms with Crippen molar-refractivity contribution in [1.29, 1.82) is 0 Å². The summed E-state index contributed by atoms with van der Waals surface area (Å²) in [6.45, 7) is -0.157. The van der Waals surface area contributed by atoms with E-state index in [1.165, 1.54) is 11.0 Å². The summed E-state index contributed by atoms with van der Waals surface area (Å²) in [4.78, 5) is 29.8. The highest BCUT2D eigenvalue weighted by atomic mass is 79.9. The van der Waals surface area contributed by atoms with Crippen molar-refractivity contribution in [3.63, 3.8) is 0 Å². The Hall–Kier alpha value is -2.66. The summed E-state index contributed by atoms with van der Waals surface area (Å²) < 4.78 is 5.95. The number of amides is 2. The Morgan fingerprint density at radius 1 is 1.19 bits per heavy atom. The second-order valence-corrected chi connectivity index (χ2v) is 8.39. The predicted molar refractivity (Wildman–Crippen MR) is 114 cm³/mol. The van der Waals surface area contributed by atoms with Gasteiger partial charge in [0.05, 0.1) is 23.8 Å². The average molecular weight is 492 g/mol. The molecule has 0 radical (unpaired) electrons. The van der Waals surface area contributed by atoms with Gasteiger partial charge in [0, 0.05) is 25.2 Å². The molecule has 3 aromatic rings. The lowest BCUT2D eigenvalue weighted by atomic mass is 10.00. The van der Waals surface area contributed by atoms with Gasteiger partial charge in [-0.05, 0) is 27.9 Å². The van der Waals surface area contributed by atoms with E-state index in [2.05, 4.69) is 26.2 Å². The van der Waals surface area contributed by atoms with E-state index < -0.39 is 36.2 Å². The van der Waals surface area contributed by atoms with Crippen molar-refractivity contribution >= 4 is 38.8 Å². The number of β-amino-alcohol motifs (C(OH)–C–C–N with tert-alkyl or cyclic N) is 2. The fraction of sp³-hybridized carbons (Fsp3) is 0.333. The van der Waals surface area contributed by atoms with Gasteiger partial charge in [-0.15, -0.1) is 0 Å². The molecule has 0 spiro atoms. The predicted octanol–water partition coefficient (Wildman–Crippen LogP) is 0.789. The first kappa shape index (κ1) is 21.6. The Morgan fingerprint density at radius 3 is 2.52 bits per heavy atom. The number of aromatic amines is 1. The number of fused-ring (bicyclic) bond motifs is 1. The lowest BCUT2D eigenvalue weighted by Crippen LogP contribution is -2.52. The molecular weight excluding hydrogens is 470 g/mol. The largest absolute Gasteiger partial charge is 0.448 e. The number of nitrogens with one attached hydrogen (secondary N) is 2. The standard InChI is InChI=1S/C21H22BrN3O6/c22-18-8-12-17(31-18)7-14(23-12)20(29)24-13(6-11-4-2-1-3-5-11)19(28)21(30)25-9-15(26)16(27)10-25/h1-5,7-8,13,15-16,19,23,26-28H,6,9-10H2,(H,24,29)/t13-,15-,16+,19+/m0/s1. The van der Waals surface area contributed by atoms with Gasteiger partial charge in [-0.1, -0.05) is 30.3 Å². The van der Waals surface area contributed by atoms with E-state index in [9.17, 15) is 24.9 Å². The minimum Gasteiger partial charge on any atom is -0.448 e. The number of likely N-dealkylation sites (tertiary alicyclic amines) is 1. The van der Waals surface area contributed by atoms with Gasteiger partial charge in [-0.25, -0.2) is 0 Å². The van der Waals surface area contributed by atoms with Crippen molar-refractivity contribution in [2.24, 2.45) is 0 Å². The van der Waals surface area contributed by atoms with Crippen LogP contribution in [0.4, 0.5) is 0 Å². The van der Waals surface area contributed by atoms with Crippen molar-refractivity contribution in [2.75, 3.05) is 13.1 Å². The highest BCUT2D eigenvalue weighted by Gasteiger charge is 2.38. The van der Waals surface area contributed by atoms with Crippen LogP contribution < -0.4 is 5.32 Å². The molecule has 10 heteroatoms. The van der Waals surface area contributed by atoms with Crippen molar-refractivity contribution in [1.82, 2.24) is 15.2 Å². The molecule has 3 heterocycles. The van der Waals surface area contributed by atoms with Crippen molar-refractivity contribution in [2.45, 2.75) is 30.8 Å². The van der Waals surface area contributed by atoms with Crippen molar-refractivity contribution in [3.8, 4) is 0 Å². The molecule has 0 unspecified atom stereocenters. The molecule has 1 saturated heterocycles. The zero-order valence-electron chi connectivity index (χ0n) is 16.4. The fourth-order valence-corrected chi connectivity index (χ4v) is 4.08. The number of aromatic nitrogens is 1. The summed E-state index contributed by atoms with van der Waals surface area (Å²) in [5.41, 5.74) is 2.18. The Morgan fingerprint density at radius 2 is 1.87 bits per heavy atom. The molecule has 164 valence electrons. The molecule has 0 aliphatic carbocycles. The Bertz CT molecular complexity index is 1040. The topological polar surface area (TPSA) is 139 Å². The summed E-state index contributed by atoms with van der Waals surface area (Å²) in [6.07, 6.45) is -3.48. The molecule has 0 bridgehead atoms. The summed E-state index contributed by atoms with van der Waals surface area (Å²) >= 11 is 3.22. The number of furan rings is 1. The maximum absolute atomic E-state index is 12.8. The van der Waals surface area contributed by atoms with Crippen LogP contribution in [0.25, 0.3) is 11.1 Å². The third-order valence-corrected chi connectivity index (χ3v) is 5.73. The number of rotatable bonds is 6. The average Bonchev–Trinajstić information content (AvgIpc) is 3.40. The third-order valence-electron chi connectivity index (χ3n) is 5.34. The van der Waals surface area contributed by atoms with Crippen LogP contribution in [0.3, 0.4) is 0 Å². The normalized spacial score (nSPS) is 20.7. The van der Waals surface area contributed by atoms with Crippen LogP contribution in [0.2, 0.25) is 0 Å². The molecule has 1 aliphatic heterocycles. The molecule has 31 heavy (non-hydrogen) atoms. The second kappa shape index (κ2) is 8.83. The van der Waals surface area contributed by atoms with E-state index in [1.54, 1.807) is 6.07 Å². The first-order chi connectivity index (χ1) is 14.8. The zero-order chi connectivity index (χ0) is 22.1. The molecule has 5 N–H and O–H groups in total. The van der Waals surface area contributed by atoms with Gasteiger partial charge in [0.15, 0.2) is 16.4 Å². The van der Waals surface area contributed by atoms with E-state index >= 15 is 0 Å². The van der Waals surface area contributed by atoms with Crippen molar-refractivity contribution in [3.05, 3.63) is 58.4 Å². The lowest BCUT2D eigenvalue weighted by Gasteiger charge is -2.27. The molecule has 9 nitrogen and oxygen atoms in total. The quantitative estimate of drug-likeness (QED) is 0.345. The minimum absolute atomic E-state index is 0.0784. The number of benzene rings is 1. The van der Waals surface area contributed by atoms with Crippen molar-refractivity contribution < 1.29 is 29.3 Å². The van der Waals surface area contributed by atoms with Crippen LogP contribution in [0, 0.1) is 0 Å². The van der Waals surface area contributed by atoms with E-state index in [0.717, 1.165) is 5.56 Å². The second-order valence-electron chi connectivity index (χ2n) is 7.60. The van der Waals surface area contributed by atoms with Crippen LogP contribution in [0.15, 0.2) is 51.6 Å². The number of H-pyrrole nitrogens is 1. The number of hydrogen-bond donors (Lipinski definition) is 5. The minimum atomic E-state index is -1.56. The van der Waals surface area contributed by atoms with Gasteiger partial charge < -0.3 is 34.9 Å². The number of halogens is 1. The highest BCUT2D eigenvalue weighted by Crippen LogP contribution is 2.24.